The Hall–Kier alpha value is -1.57. The summed E-state index contributed by atoms with van der Waals surface area (Å²) in [4.78, 5) is 12.2. The van der Waals surface area contributed by atoms with Crippen LogP contribution >= 0.6 is 22.6 Å². The van der Waals surface area contributed by atoms with Crippen LogP contribution in [0.25, 0.3) is 0 Å². The highest BCUT2D eigenvalue weighted by Crippen LogP contribution is 2.28. The number of rotatable bonds is 3. The summed E-state index contributed by atoms with van der Waals surface area (Å²) < 4.78 is 41.7. The molecule has 2 aromatic carbocycles. The fourth-order valence-electron chi connectivity index (χ4n) is 1.62. The van der Waals surface area contributed by atoms with Crippen molar-refractivity contribution in [1.29, 1.82) is 0 Å². The summed E-state index contributed by atoms with van der Waals surface area (Å²) in [6, 6.07) is 11.8. The summed E-state index contributed by atoms with van der Waals surface area (Å²) in [6.07, 6.45) is -4.83. The Labute approximate surface area is 126 Å². The third kappa shape index (κ3) is 3.72. The van der Waals surface area contributed by atoms with Crippen molar-refractivity contribution < 1.29 is 22.7 Å². The SMILES string of the molecule is O=C(c1ccc(I)cc1)c1ccccc1OC(F)(F)F. The minimum absolute atomic E-state index is 0.119. The third-order valence-electron chi connectivity index (χ3n) is 2.46. The molecule has 0 saturated carbocycles. The van der Waals surface area contributed by atoms with Gasteiger partial charge >= 0.3 is 6.36 Å². The minimum atomic E-state index is -4.83. The molecular formula is C14H8F3IO2. The van der Waals surface area contributed by atoms with Gasteiger partial charge in [0.15, 0.2) is 5.78 Å². The van der Waals surface area contributed by atoms with Crippen LogP contribution in [0.5, 0.6) is 5.75 Å². The summed E-state index contributed by atoms with van der Waals surface area (Å²) in [7, 11) is 0. The first-order chi connectivity index (χ1) is 9.37. The zero-order valence-electron chi connectivity index (χ0n) is 9.95. The van der Waals surface area contributed by atoms with Gasteiger partial charge in [-0.3, -0.25) is 4.79 Å². The predicted molar refractivity (Wildman–Crippen MR) is 75.7 cm³/mol. The van der Waals surface area contributed by atoms with E-state index >= 15 is 0 Å². The summed E-state index contributed by atoms with van der Waals surface area (Å²) in [6.45, 7) is 0. The molecule has 0 bridgehead atoms. The van der Waals surface area contributed by atoms with Crippen LogP contribution in [0.1, 0.15) is 15.9 Å². The number of carbonyl (C=O) groups is 1. The van der Waals surface area contributed by atoms with E-state index in [1.165, 1.54) is 18.2 Å². The van der Waals surface area contributed by atoms with Gasteiger partial charge in [-0.1, -0.05) is 12.1 Å². The summed E-state index contributed by atoms with van der Waals surface area (Å²) in [5.41, 5.74) is 0.190. The van der Waals surface area contributed by atoms with E-state index in [1.807, 2.05) is 0 Å². The Bertz CT molecular complexity index is 621. The van der Waals surface area contributed by atoms with Crippen molar-refractivity contribution >= 4 is 28.4 Å². The number of ketones is 1. The standard InChI is InChI=1S/C14H8F3IO2/c15-14(16,17)20-12-4-2-1-3-11(12)13(19)9-5-7-10(18)8-6-9/h1-8H. The molecule has 2 rings (SSSR count). The van der Waals surface area contributed by atoms with Crippen LogP contribution in [0.3, 0.4) is 0 Å². The molecule has 0 aliphatic heterocycles. The van der Waals surface area contributed by atoms with Crippen LogP contribution in [-0.4, -0.2) is 12.1 Å². The molecule has 0 heterocycles. The van der Waals surface area contributed by atoms with Gasteiger partial charge in [-0.05, 0) is 59.0 Å². The van der Waals surface area contributed by atoms with Crippen LogP contribution < -0.4 is 4.74 Å². The highest BCUT2D eigenvalue weighted by atomic mass is 127. The van der Waals surface area contributed by atoms with Gasteiger partial charge in [-0.2, -0.15) is 0 Å². The van der Waals surface area contributed by atoms with E-state index in [-0.39, 0.29) is 5.56 Å². The number of ether oxygens (including phenoxy) is 1. The van der Waals surface area contributed by atoms with Gasteiger partial charge in [0, 0.05) is 9.13 Å². The zero-order chi connectivity index (χ0) is 14.8. The Kier molecular flexibility index (Phi) is 4.32. The third-order valence-corrected chi connectivity index (χ3v) is 3.18. The lowest BCUT2D eigenvalue weighted by atomic mass is 10.0. The Morgan fingerprint density at radius 1 is 1.00 bits per heavy atom. The molecule has 0 fully saturated rings. The Balaban J connectivity index is 2.37. The number of para-hydroxylation sites is 1. The van der Waals surface area contributed by atoms with Crippen molar-refractivity contribution in [2.75, 3.05) is 0 Å². The monoisotopic (exact) mass is 392 g/mol. The van der Waals surface area contributed by atoms with Crippen molar-refractivity contribution in [3.8, 4) is 5.75 Å². The molecule has 0 saturated heterocycles. The average Bonchev–Trinajstić information content (AvgIpc) is 2.37. The number of halogens is 4. The van der Waals surface area contributed by atoms with Gasteiger partial charge in [0.05, 0.1) is 5.56 Å². The molecule has 20 heavy (non-hydrogen) atoms. The lowest BCUT2D eigenvalue weighted by Crippen LogP contribution is -2.19. The van der Waals surface area contributed by atoms with Gasteiger partial charge in [0.2, 0.25) is 0 Å². The molecule has 104 valence electrons. The molecule has 6 heteroatoms. The number of benzene rings is 2. The van der Waals surface area contributed by atoms with E-state index in [0.717, 1.165) is 9.64 Å². The molecule has 0 N–H and O–H groups in total. The molecule has 2 aromatic rings. The second kappa shape index (κ2) is 5.82. The van der Waals surface area contributed by atoms with Gasteiger partial charge in [-0.25, -0.2) is 0 Å². The summed E-state index contributed by atoms with van der Waals surface area (Å²) in [5, 5.41) is 0. The van der Waals surface area contributed by atoms with Crippen molar-refractivity contribution in [1.82, 2.24) is 0 Å². The lowest BCUT2D eigenvalue weighted by molar-refractivity contribution is -0.274. The van der Waals surface area contributed by atoms with Crippen LogP contribution in [-0.2, 0) is 0 Å². The van der Waals surface area contributed by atoms with Gasteiger partial charge in [0.25, 0.3) is 0 Å². The molecule has 0 amide bonds. The molecule has 0 atom stereocenters. The largest absolute Gasteiger partial charge is 0.573 e. The molecule has 0 aliphatic rings. The first kappa shape index (κ1) is 14.8. The maximum absolute atomic E-state index is 12.3. The smallest absolute Gasteiger partial charge is 0.405 e. The quantitative estimate of drug-likeness (QED) is 0.571. The molecule has 0 unspecified atom stereocenters. The molecule has 0 radical (unpaired) electrons. The highest BCUT2D eigenvalue weighted by molar-refractivity contribution is 14.1. The Morgan fingerprint density at radius 3 is 2.20 bits per heavy atom. The van der Waals surface area contributed by atoms with Crippen molar-refractivity contribution in [2.24, 2.45) is 0 Å². The highest BCUT2D eigenvalue weighted by Gasteiger charge is 2.32. The van der Waals surface area contributed by atoms with Gasteiger partial charge in [0.1, 0.15) is 5.75 Å². The second-order valence-electron chi connectivity index (χ2n) is 3.88. The number of hydrogen-bond donors (Lipinski definition) is 0. The number of hydrogen-bond acceptors (Lipinski definition) is 2. The number of alkyl halides is 3. The minimum Gasteiger partial charge on any atom is -0.405 e. The second-order valence-corrected chi connectivity index (χ2v) is 5.13. The lowest BCUT2D eigenvalue weighted by Gasteiger charge is -2.12. The van der Waals surface area contributed by atoms with Crippen molar-refractivity contribution in [3.63, 3.8) is 0 Å². The molecule has 0 aromatic heterocycles. The normalized spacial score (nSPS) is 11.2. The Morgan fingerprint density at radius 2 is 1.60 bits per heavy atom. The fourth-order valence-corrected chi connectivity index (χ4v) is 1.98. The van der Waals surface area contributed by atoms with Crippen LogP contribution in [0.15, 0.2) is 48.5 Å². The molecule has 0 aliphatic carbocycles. The number of carbonyl (C=O) groups excluding carboxylic acids is 1. The average molecular weight is 392 g/mol. The van der Waals surface area contributed by atoms with E-state index in [9.17, 15) is 18.0 Å². The maximum Gasteiger partial charge on any atom is 0.573 e. The molecule has 0 spiro atoms. The molecule has 2 nitrogen and oxygen atoms in total. The van der Waals surface area contributed by atoms with Crippen LogP contribution in [0.2, 0.25) is 0 Å². The first-order valence-electron chi connectivity index (χ1n) is 5.52. The fraction of sp³-hybridized carbons (Fsp3) is 0.0714. The van der Waals surface area contributed by atoms with E-state index in [0.29, 0.717) is 5.56 Å². The van der Waals surface area contributed by atoms with E-state index in [4.69, 9.17) is 0 Å². The van der Waals surface area contributed by atoms with Crippen LogP contribution in [0, 0.1) is 3.57 Å². The topological polar surface area (TPSA) is 26.3 Å². The summed E-state index contributed by atoms with van der Waals surface area (Å²) >= 11 is 2.07. The van der Waals surface area contributed by atoms with Crippen molar-refractivity contribution in [3.05, 3.63) is 63.2 Å². The van der Waals surface area contributed by atoms with Gasteiger partial charge in [-0.15, -0.1) is 13.2 Å². The van der Waals surface area contributed by atoms with Crippen molar-refractivity contribution in [2.45, 2.75) is 6.36 Å². The first-order valence-corrected chi connectivity index (χ1v) is 6.60. The van der Waals surface area contributed by atoms with Gasteiger partial charge < -0.3 is 4.74 Å². The maximum atomic E-state index is 12.3. The van der Waals surface area contributed by atoms with E-state index in [2.05, 4.69) is 27.3 Å². The van der Waals surface area contributed by atoms with E-state index in [1.54, 1.807) is 24.3 Å². The zero-order valence-corrected chi connectivity index (χ0v) is 12.1. The van der Waals surface area contributed by atoms with Crippen LogP contribution in [0.4, 0.5) is 13.2 Å². The predicted octanol–water partition coefficient (Wildman–Crippen LogP) is 4.42. The van der Waals surface area contributed by atoms with E-state index < -0.39 is 17.9 Å². The molecular weight excluding hydrogens is 384 g/mol. The summed E-state index contributed by atoms with van der Waals surface area (Å²) in [5.74, 6) is -1.01.